The van der Waals surface area contributed by atoms with Crippen LogP contribution in [0.1, 0.15) is 15.9 Å². The molecule has 1 aliphatic rings. The molecule has 0 unspecified atom stereocenters. The fraction of sp³-hybridized carbons (Fsp3) is 0.0833. The molecule has 3 heteroatoms. The summed E-state index contributed by atoms with van der Waals surface area (Å²) in [5.41, 5.74) is 2.12. The zero-order valence-electron chi connectivity index (χ0n) is 8.11. The quantitative estimate of drug-likeness (QED) is 0.710. The lowest BCUT2D eigenvalue weighted by atomic mass is 10.1. The number of ketones is 1. The van der Waals surface area contributed by atoms with Crippen molar-refractivity contribution >= 4 is 22.8 Å². The standard InChI is InChI=1S/C12H8O3/c1-14-12-10-7(2-3-9(10)13)6-8-4-5-15-11(8)12/h2-6H,1H3. The molecule has 0 atom stereocenters. The molecule has 3 rings (SSSR count). The Morgan fingerprint density at radius 3 is 3.00 bits per heavy atom. The first-order chi connectivity index (χ1) is 7.31. The molecule has 0 saturated carbocycles. The number of fused-ring (bicyclic) bond motifs is 2. The van der Waals surface area contributed by atoms with Gasteiger partial charge in [0, 0.05) is 5.39 Å². The number of hydrogen-bond donors (Lipinski definition) is 0. The zero-order valence-corrected chi connectivity index (χ0v) is 8.11. The van der Waals surface area contributed by atoms with Crippen molar-refractivity contribution in [2.45, 2.75) is 0 Å². The highest BCUT2D eigenvalue weighted by Gasteiger charge is 2.23. The van der Waals surface area contributed by atoms with Crippen molar-refractivity contribution in [3.8, 4) is 5.75 Å². The van der Waals surface area contributed by atoms with Gasteiger partial charge >= 0.3 is 0 Å². The van der Waals surface area contributed by atoms with Crippen LogP contribution in [-0.2, 0) is 0 Å². The lowest BCUT2D eigenvalue weighted by Crippen LogP contribution is -1.97. The van der Waals surface area contributed by atoms with E-state index in [1.807, 2.05) is 12.1 Å². The van der Waals surface area contributed by atoms with E-state index in [2.05, 4.69) is 0 Å². The molecule has 0 N–H and O–H groups in total. The van der Waals surface area contributed by atoms with Crippen LogP contribution < -0.4 is 4.74 Å². The fourth-order valence-corrected chi connectivity index (χ4v) is 1.93. The highest BCUT2D eigenvalue weighted by atomic mass is 16.5. The molecule has 2 aromatic rings. The van der Waals surface area contributed by atoms with E-state index < -0.39 is 0 Å². The zero-order chi connectivity index (χ0) is 10.4. The summed E-state index contributed by atoms with van der Waals surface area (Å²) in [5, 5.41) is 0.949. The molecule has 1 aromatic heterocycles. The van der Waals surface area contributed by atoms with E-state index in [1.165, 1.54) is 0 Å². The topological polar surface area (TPSA) is 39.4 Å². The summed E-state index contributed by atoms with van der Waals surface area (Å²) < 4.78 is 10.6. The molecule has 74 valence electrons. The SMILES string of the molecule is COc1c2c(cc3ccoc13)C=CC2=O. The van der Waals surface area contributed by atoms with Gasteiger partial charge in [-0.1, -0.05) is 6.08 Å². The molecular formula is C12H8O3. The van der Waals surface area contributed by atoms with Gasteiger partial charge in [-0.3, -0.25) is 4.79 Å². The molecule has 0 fully saturated rings. The Kier molecular flexibility index (Phi) is 1.51. The van der Waals surface area contributed by atoms with Crippen LogP contribution >= 0.6 is 0 Å². The fourth-order valence-electron chi connectivity index (χ4n) is 1.93. The second kappa shape index (κ2) is 2.73. The van der Waals surface area contributed by atoms with Crippen molar-refractivity contribution in [2.75, 3.05) is 7.11 Å². The first-order valence-electron chi connectivity index (χ1n) is 4.62. The van der Waals surface area contributed by atoms with Gasteiger partial charge in [0.25, 0.3) is 0 Å². The summed E-state index contributed by atoms with van der Waals surface area (Å²) in [6.07, 6.45) is 4.94. The number of furan rings is 1. The first-order valence-corrected chi connectivity index (χ1v) is 4.62. The van der Waals surface area contributed by atoms with Crippen LogP contribution in [0.2, 0.25) is 0 Å². The Labute approximate surface area is 85.9 Å². The van der Waals surface area contributed by atoms with Gasteiger partial charge in [0.2, 0.25) is 0 Å². The molecule has 1 aliphatic carbocycles. The van der Waals surface area contributed by atoms with Gasteiger partial charge in [-0.15, -0.1) is 0 Å². The average molecular weight is 200 g/mol. The van der Waals surface area contributed by atoms with Crippen molar-refractivity contribution in [3.63, 3.8) is 0 Å². The van der Waals surface area contributed by atoms with Gasteiger partial charge in [0.15, 0.2) is 17.1 Å². The van der Waals surface area contributed by atoms with E-state index in [1.54, 1.807) is 25.5 Å². The summed E-state index contributed by atoms with van der Waals surface area (Å²) >= 11 is 0. The van der Waals surface area contributed by atoms with Crippen LogP contribution in [0.15, 0.2) is 28.9 Å². The Balaban J connectivity index is 2.47. The van der Waals surface area contributed by atoms with Gasteiger partial charge in [-0.2, -0.15) is 0 Å². The number of carbonyl (C=O) groups is 1. The lowest BCUT2D eigenvalue weighted by molar-refractivity contribution is 0.104. The number of methoxy groups -OCH3 is 1. The van der Waals surface area contributed by atoms with Crippen molar-refractivity contribution < 1.29 is 13.9 Å². The molecule has 0 aliphatic heterocycles. The Hall–Kier alpha value is -2.03. The van der Waals surface area contributed by atoms with Crippen LogP contribution in [0, 0.1) is 0 Å². The second-order valence-corrected chi connectivity index (χ2v) is 3.41. The summed E-state index contributed by atoms with van der Waals surface area (Å²) in [5.74, 6) is 0.502. The number of carbonyl (C=O) groups excluding carboxylic acids is 1. The number of allylic oxidation sites excluding steroid dienone is 1. The van der Waals surface area contributed by atoms with Crippen LogP contribution in [-0.4, -0.2) is 12.9 Å². The average Bonchev–Trinajstić information content (AvgIpc) is 2.83. The number of hydrogen-bond acceptors (Lipinski definition) is 3. The van der Waals surface area contributed by atoms with Gasteiger partial charge in [-0.25, -0.2) is 0 Å². The van der Waals surface area contributed by atoms with Gasteiger partial charge in [-0.05, 0) is 23.8 Å². The summed E-state index contributed by atoms with van der Waals surface area (Å²) in [6, 6.07) is 3.78. The molecule has 0 saturated heterocycles. The lowest BCUT2D eigenvalue weighted by Gasteiger charge is -2.06. The van der Waals surface area contributed by atoms with E-state index >= 15 is 0 Å². The van der Waals surface area contributed by atoms with Crippen molar-refractivity contribution in [2.24, 2.45) is 0 Å². The summed E-state index contributed by atoms with van der Waals surface area (Å²) in [4.78, 5) is 11.6. The highest BCUT2D eigenvalue weighted by molar-refractivity contribution is 6.18. The first kappa shape index (κ1) is 8.29. The second-order valence-electron chi connectivity index (χ2n) is 3.41. The Morgan fingerprint density at radius 2 is 2.20 bits per heavy atom. The normalized spacial score (nSPS) is 13.5. The highest BCUT2D eigenvalue weighted by Crippen LogP contribution is 2.36. The molecule has 3 nitrogen and oxygen atoms in total. The predicted octanol–water partition coefficient (Wildman–Crippen LogP) is 2.65. The maximum Gasteiger partial charge on any atom is 0.190 e. The van der Waals surface area contributed by atoms with E-state index in [-0.39, 0.29) is 5.78 Å². The predicted molar refractivity (Wildman–Crippen MR) is 56.1 cm³/mol. The maximum absolute atomic E-state index is 11.6. The monoisotopic (exact) mass is 200 g/mol. The molecule has 15 heavy (non-hydrogen) atoms. The van der Waals surface area contributed by atoms with Crippen LogP contribution in [0.5, 0.6) is 5.75 Å². The third kappa shape index (κ3) is 0.973. The van der Waals surface area contributed by atoms with E-state index in [0.717, 1.165) is 10.9 Å². The van der Waals surface area contributed by atoms with Crippen LogP contribution in [0.3, 0.4) is 0 Å². The van der Waals surface area contributed by atoms with Crippen LogP contribution in [0.4, 0.5) is 0 Å². The molecule has 0 bridgehead atoms. The van der Waals surface area contributed by atoms with E-state index in [0.29, 0.717) is 16.9 Å². The molecule has 1 aromatic carbocycles. The number of rotatable bonds is 1. The van der Waals surface area contributed by atoms with Crippen molar-refractivity contribution in [1.82, 2.24) is 0 Å². The van der Waals surface area contributed by atoms with E-state index in [9.17, 15) is 4.79 Å². The third-order valence-electron chi connectivity index (χ3n) is 2.59. The summed E-state index contributed by atoms with van der Waals surface area (Å²) in [6.45, 7) is 0. The maximum atomic E-state index is 11.6. The van der Waals surface area contributed by atoms with Crippen molar-refractivity contribution in [1.29, 1.82) is 0 Å². The molecule has 0 amide bonds. The molecule has 0 spiro atoms. The minimum Gasteiger partial charge on any atom is -0.492 e. The number of benzene rings is 1. The summed E-state index contributed by atoms with van der Waals surface area (Å²) in [7, 11) is 1.54. The Morgan fingerprint density at radius 1 is 1.33 bits per heavy atom. The van der Waals surface area contributed by atoms with Gasteiger partial charge in [0.1, 0.15) is 0 Å². The minimum atomic E-state index is -0.0276. The molecule has 0 radical (unpaired) electrons. The minimum absolute atomic E-state index is 0.0276. The Bertz CT molecular complexity index is 590. The third-order valence-corrected chi connectivity index (χ3v) is 2.59. The van der Waals surface area contributed by atoms with Crippen molar-refractivity contribution in [3.05, 3.63) is 35.6 Å². The van der Waals surface area contributed by atoms with Gasteiger partial charge in [0.05, 0.1) is 18.9 Å². The largest absolute Gasteiger partial charge is 0.492 e. The number of ether oxygens (including phenoxy) is 1. The molecular weight excluding hydrogens is 192 g/mol. The molecule has 1 heterocycles. The van der Waals surface area contributed by atoms with Crippen LogP contribution in [0.25, 0.3) is 17.0 Å². The smallest absolute Gasteiger partial charge is 0.190 e. The van der Waals surface area contributed by atoms with Gasteiger partial charge < -0.3 is 9.15 Å². The van der Waals surface area contributed by atoms with E-state index in [4.69, 9.17) is 9.15 Å².